The average molecular weight is 285 g/mol. The van der Waals surface area contributed by atoms with Crippen LogP contribution < -0.4 is 0 Å². The van der Waals surface area contributed by atoms with Gasteiger partial charge < -0.3 is 19.9 Å². The first kappa shape index (κ1) is 12.7. The standard InChI is InChI=1S/C11H13ClN4O3/c12-10-7-11(14-3-13-10)16(4-15-7)6-1-5(2-17)8(18)9(6)19/h3-6,8-9,17-19H,1-2H2/t5-,6-,8-,9-/m1/s1. The van der Waals surface area contributed by atoms with Crippen molar-refractivity contribution < 1.29 is 15.3 Å². The van der Waals surface area contributed by atoms with Gasteiger partial charge in [0.1, 0.15) is 17.9 Å². The van der Waals surface area contributed by atoms with E-state index in [9.17, 15) is 15.3 Å². The second kappa shape index (κ2) is 4.68. The van der Waals surface area contributed by atoms with Crippen molar-refractivity contribution in [3.63, 3.8) is 0 Å². The summed E-state index contributed by atoms with van der Waals surface area (Å²) < 4.78 is 1.67. The van der Waals surface area contributed by atoms with Crippen LogP contribution in [0.5, 0.6) is 0 Å². The van der Waals surface area contributed by atoms with Crippen LogP contribution in [0.4, 0.5) is 0 Å². The van der Waals surface area contributed by atoms with Crippen LogP contribution in [-0.4, -0.2) is 53.7 Å². The highest BCUT2D eigenvalue weighted by atomic mass is 35.5. The summed E-state index contributed by atoms with van der Waals surface area (Å²) in [5.74, 6) is -0.352. The second-order valence-corrected chi connectivity index (χ2v) is 5.07. The SMILES string of the molecule is OC[C@H]1C[C@@H](n2cnc3c(Cl)ncnc32)[C@@H](O)[C@@H]1O. The Morgan fingerprint density at radius 1 is 1.26 bits per heavy atom. The molecule has 19 heavy (non-hydrogen) atoms. The number of imidazole rings is 1. The minimum Gasteiger partial charge on any atom is -0.396 e. The molecule has 2 heterocycles. The molecule has 0 spiro atoms. The van der Waals surface area contributed by atoms with Gasteiger partial charge in [-0.2, -0.15) is 0 Å². The topological polar surface area (TPSA) is 104 Å². The van der Waals surface area contributed by atoms with E-state index in [-0.39, 0.29) is 23.7 Å². The summed E-state index contributed by atoms with van der Waals surface area (Å²) in [6.07, 6.45) is 1.37. The van der Waals surface area contributed by atoms with Crippen LogP contribution >= 0.6 is 11.6 Å². The maximum absolute atomic E-state index is 10.1. The van der Waals surface area contributed by atoms with Crippen molar-refractivity contribution in [1.82, 2.24) is 19.5 Å². The first-order valence-corrected chi connectivity index (χ1v) is 6.31. The summed E-state index contributed by atoms with van der Waals surface area (Å²) in [5.41, 5.74) is 0.966. The van der Waals surface area contributed by atoms with E-state index in [1.807, 2.05) is 0 Å². The molecule has 8 heteroatoms. The molecule has 4 atom stereocenters. The van der Waals surface area contributed by atoms with Gasteiger partial charge in [-0.1, -0.05) is 11.6 Å². The molecule has 1 saturated carbocycles. The van der Waals surface area contributed by atoms with Gasteiger partial charge in [0.15, 0.2) is 10.8 Å². The molecule has 0 aromatic carbocycles. The molecule has 1 aliphatic carbocycles. The summed E-state index contributed by atoms with van der Waals surface area (Å²) in [6, 6.07) is -0.386. The number of rotatable bonds is 2. The highest BCUT2D eigenvalue weighted by Crippen LogP contribution is 2.36. The Labute approximate surface area is 113 Å². The van der Waals surface area contributed by atoms with Crippen molar-refractivity contribution in [2.45, 2.75) is 24.7 Å². The normalized spacial score (nSPS) is 31.2. The van der Waals surface area contributed by atoms with E-state index in [2.05, 4.69) is 15.0 Å². The fraction of sp³-hybridized carbons (Fsp3) is 0.545. The lowest BCUT2D eigenvalue weighted by Gasteiger charge is -2.18. The van der Waals surface area contributed by atoms with E-state index in [0.717, 1.165) is 0 Å². The molecular weight excluding hydrogens is 272 g/mol. The quantitative estimate of drug-likeness (QED) is 0.657. The third kappa shape index (κ3) is 1.90. The van der Waals surface area contributed by atoms with Gasteiger partial charge >= 0.3 is 0 Å². The molecule has 0 aliphatic heterocycles. The maximum Gasteiger partial charge on any atom is 0.165 e. The van der Waals surface area contributed by atoms with E-state index >= 15 is 0 Å². The molecule has 0 saturated heterocycles. The third-order valence-electron chi connectivity index (χ3n) is 3.68. The molecule has 102 valence electrons. The van der Waals surface area contributed by atoms with Gasteiger partial charge in [-0.15, -0.1) is 0 Å². The monoisotopic (exact) mass is 284 g/mol. The summed E-state index contributed by atoms with van der Waals surface area (Å²) in [4.78, 5) is 12.1. The van der Waals surface area contributed by atoms with E-state index in [1.54, 1.807) is 4.57 Å². The molecule has 1 aliphatic rings. The Hall–Kier alpha value is -1.28. The molecule has 0 bridgehead atoms. The summed E-state index contributed by atoms with van der Waals surface area (Å²) in [7, 11) is 0. The fourth-order valence-corrected chi connectivity index (χ4v) is 2.80. The van der Waals surface area contributed by atoms with Crippen molar-refractivity contribution in [3.05, 3.63) is 17.8 Å². The summed E-state index contributed by atoms with van der Waals surface area (Å²) >= 11 is 5.92. The van der Waals surface area contributed by atoms with E-state index in [4.69, 9.17) is 11.6 Å². The molecule has 2 aromatic heterocycles. The molecule has 0 unspecified atom stereocenters. The third-order valence-corrected chi connectivity index (χ3v) is 3.95. The molecule has 0 radical (unpaired) electrons. The van der Waals surface area contributed by atoms with E-state index < -0.39 is 12.2 Å². The Morgan fingerprint density at radius 2 is 2.05 bits per heavy atom. The lowest BCUT2D eigenvalue weighted by atomic mass is 10.1. The van der Waals surface area contributed by atoms with Crippen LogP contribution in [0.15, 0.2) is 12.7 Å². The van der Waals surface area contributed by atoms with Gasteiger partial charge in [0.2, 0.25) is 0 Å². The maximum atomic E-state index is 10.1. The van der Waals surface area contributed by atoms with Gasteiger partial charge in [-0.05, 0) is 6.42 Å². The number of hydrogen-bond donors (Lipinski definition) is 3. The Kier molecular flexibility index (Phi) is 3.14. The number of nitrogens with zero attached hydrogens (tertiary/aromatic N) is 4. The van der Waals surface area contributed by atoms with Crippen LogP contribution in [0, 0.1) is 5.92 Å². The van der Waals surface area contributed by atoms with Crippen molar-refractivity contribution in [3.8, 4) is 0 Å². The highest BCUT2D eigenvalue weighted by molar-refractivity contribution is 6.33. The van der Waals surface area contributed by atoms with Crippen molar-refractivity contribution in [2.75, 3.05) is 6.61 Å². The van der Waals surface area contributed by atoms with Gasteiger partial charge in [-0.3, -0.25) is 0 Å². The lowest BCUT2D eigenvalue weighted by molar-refractivity contribution is -0.00370. The van der Waals surface area contributed by atoms with Gasteiger partial charge in [-0.25, -0.2) is 15.0 Å². The van der Waals surface area contributed by atoms with Gasteiger partial charge in [0.05, 0.1) is 18.5 Å². The molecular formula is C11H13ClN4O3. The van der Waals surface area contributed by atoms with E-state index in [0.29, 0.717) is 17.6 Å². The molecule has 2 aromatic rings. The number of fused-ring (bicyclic) bond motifs is 1. The number of aliphatic hydroxyl groups is 3. The van der Waals surface area contributed by atoms with Crippen LogP contribution in [-0.2, 0) is 0 Å². The van der Waals surface area contributed by atoms with Crippen molar-refractivity contribution >= 4 is 22.8 Å². The molecule has 0 amide bonds. The van der Waals surface area contributed by atoms with E-state index in [1.165, 1.54) is 12.7 Å². The number of halogens is 1. The summed E-state index contributed by atoms with van der Waals surface area (Å²) in [5, 5.41) is 29.4. The van der Waals surface area contributed by atoms with Crippen molar-refractivity contribution in [2.24, 2.45) is 5.92 Å². The summed E-state index contributed by atoms with van der Waals surface area (Å²) in [6.45, 7) is -0.170. The number of aromatic nitrogens is 4. The van der Waals surface area contributed by atoms with Crippen molar-refractivity contribution in [1.29, 1.82) is 0 Å². The van der Waals surface area contributed by atoms with Crippen LogP contribution in [0.3, 0.4) is 0 Å². The molecule has 1 fully saturated rings. The zero-order valence-corrected chi connectivity index (χ0v) is 10.6. The minimum absolute atomic E-state index is 0.170. The van der Waals surface area contributed by atoms with Crippen LogP contribution in [0.25, 0.3) is 11.2 Å². The molecule has 3 rings (SSSR count). The Balaban J connectivity index is 2.04. The first-order chi connectivity index (χ1) is 9.13. The Morgan fingerprint density at radius 3 is 2.74 bits per heavy atom. The van der Waals surface area contributed by atoms with Crippen LogP contribution in [0.2, 0.25) is 5.15 Å². The smallest absolute Gasteiger partial charge is 0.165 e. The van der Waals surface area contributed by atoms with Gasteiger partial charge in [0.25, 0.3) is 0 Å². The average Bonchev–Trinajstić information content (AvgIpc) is 2.94. The number of hydrogen-bond acceptors (Lipinski definition) is 6. The largest absolute Gasteiger partial charge is 0.396 e. The molecule has 7 nitrogen and oxygen atoms in total. The predicted octanol–water partition coefficient (Wildman–Crippen LogP) is -0.245. The second-order valence-electron chi connectivity index (χ2n) is 4.72. The zero-order valence-electron chi connectivity index (χ0n) is 9.89. The zero-order chi connectivity index (χ0) is 13.6. The Bertz CT molecular complexity index is 605. The molecule has 3 N–H and O–H groups in total. The van der Waals surface area contributed by atoms with Gasteiger partial charge in [0, 0.05) is 12.5 Å². The number of aliphatic hydroxyl groups excluding tert-OH is 3. The lowest BCUT2D eigenvalue weighted by Crippen LogP contribution is -2.30. The highest BCUT2D eigenvalue weighted by Gasteiger charge is 2.42. The van der Waals surface area contributed by atoms with Crippen LogP contribution in [0.1, 0.15) is 12.5 Å². The fourth-order valence-electron chi connectivity index (χ4n) is 2.62. The minimum atomic E-state index is -0.969. The predicted molar refractivity (Wildman–Crippen MR) is 66.6 cm³/mol. The first-order valence-electron chi connectivity index (χ1n) is 5.93.